The fourth-order valence-corrected chi connectivity index (χ4v) is 3.27. The molecule has 0 bridgehead atoms. The van der Waals surface area contributed by atoms with E-state index in [0.29, 0.717) is 0 Å². The molecule has 2 nitrogen and oxygen atoms in total. The number of halogens is 1. The van der Waals surface area contributed by atoms with Gasteiger partial charge in [-0.25, -0.2) is 0 Å². The van der Waals surface area contributed by atoms with Crippen molar-refractivity contribution in [2.24, 2.45) is 12.8 Å². The number of aromatic nitrogens is 1. The lowest BCUT2D eigenvalue weighted by Gasteiger charge is -2.09. The standard InChI is InChI=1S/C13H17BrN2/c1-7-5-6-10-11(14)13(9(3)15)16(4)12(10)8(7)2/h5-6,9H,15H2,1-4H3. The minimum atomic E-state index is 0.0338. The summed E-state index contributed by atoms with van der Waals surface area (Å²) in [5.41, 5.74) is 11.1. The Morgan fingerprint density at radius 2 is 1.94 bits per heavy atom. The van der Waals surface area contributed by atoms with E-state index >= 15 is 0 Å². The smallest absolute Gasteiger partial charge is 0.0524 e. The Labute approximate surface area is 105 Å². The van der Waals surface area contributed by atoms with Crippen molar-refractivity contribution in [3.05, 3.63) is 33.4 Å². The summed E-state index contributed by atoms with van der Waals surface area (Å²) < 4.78 is 3.33. The van der Waals surface area contributed by atoms with Gasteiger partial charge in [-0.2, -0.15) is 0 Å². The summed E-state index contributed by atoms with van der Waals surface area (Å²) >= 11 is 3.66. The summed E-state index contributed by atoms with van der Waals surface area (Å²) in [7, 11) is 2.08. The third kappa shape index (κ3) is 1.50. The second kappa shape index (κ2) is 3.90. The lowest BCUT2D eigenvalue weighted by atomic mass is 10.1. The number of nitrogens with two attached hydrogens (primary N) is 1. The van der Waals surface area contributed by atoms with Crippen molar-refractivity contribution in [3.8, 4) is 0 Å². The molecule has 0 fully saturated rings. The molecule has 2 rings (SSSR count). The zero-order valence-electron chi connectivity index (χ0n) is 10.1. The van der Waals surface area contributed by atoms with Crippen LogP contribution in [0.15, 0.2) is 16.6 Å². The van der Waals surface area contributed by atoms with Crippen LogP contribution in [0.5, 0.6) is 0 Å². The second-order valence-corrected chi connectivity index (χ2v) is 5.24. The Morgan fingerprint density at radius 1 is 1.31 bits per heavy atom. The molecule has 0 aliphatic carbocycles. The molecule has 0 aliphatic heterocycles. The first-order valence-electron chi connectivity index (χ1n) is 5.44. The molecule has 0 saturated carbocycles. The minimum Gasteiger partial charge on any atom is -0.345 e. The summed E-state index contributed by atoms with van der Waals surface area (Å²) in [5.74, 6) is 0. The van der Waals surface area contributed by atoms with E-state index in [-0.39, 0.29) is 6.04 Å². The highest BCUT2D eigenvalue weighted by molar-refractivity contribution is 9.10. The Morgan fingerprint density at radius 3 is 2.50 bits per heavy atom. The Balaban J connectivity index is 2.94. The first-order valence-corrected chi connectivity index (χ1v) is 6.24. The van der Waals surface area contributed by atoms with Crippen molar-refractivity contribution in [2.75, 3.05) is 0 Å². The maximum absolute atomic E-state index is 6.02. The first-order chi connectivity index (χ1) is 7.45. The van der Waals surface area contributed by atoms with Crippen molar-refractivity contribution < 1.29 is 0 Å². The number of benzene rings is 1. The van der Waals surface area contributed by atoms with E-state index in [1.807, 2.05) is 6.92 Å². The summed E-state index contributed by atoms with van der Waals surface area (Å²) in [4.78, 5) is 0. The summed E-state index contributed by atoms with van der Waals surface area (Å²) in [6, 6.07) is 4.35. The predicted octanol–water partition coefficient (Wildman–Crippen LogP) is 3.58. The molecule has 1 atom stereocenters. The lowest BCUT2D eigenvalue weighted by molar-refractivity contribution is 0.721. The van der Waals surface area contributed by atoms with E-state index in [0.717, 1.165) is 10.2 Å². The van der Waals surface area contributed by atoms with Crippen LogP contribution in [0.2, 0.25) is 0 Å². The zero-order valence-corrected chi connectivity index (χ0v) is 11.7. The van der Waals surface area contributed by atoms with Gasteiger partial charge in [-0.1, -0.05) is 12.1 Å². The van der Waals surface area contributed by atoms with Gasteiger partial charge in [0.15, 0.2) is 0 Å². The van der Waals surface area contributed by atoms with E-state index in [9.17, 15) is 0 Å². The van der Waals surface area contributed by atoms with Gasteiger partial charge < -0.3 is 10.3 Å². The predicted molar refractivity (Wildman–Crippen MR) is 72.7 cm³/mol. The maximum Gasteiger partial charge on any atom is 0.0524 e. The van der Waals surface area contributed by atoms with Crippen LogP contribution in [0.1, 0.15) is 29.8 Å². The number of hydrogen-bond acceptors (Lipinski definition) is 1. The van der Waals surface area contributed by atoms with Crippen molar-refractivity contribution in [2.45, 2.75) is 26.8 Å². The van der Waals surface area contributed by atoms with Crippen LogP contribution in [-0.4, -0.2) is 4.57 Å². The van der Waals surface area contributed by atoms with Gasteiger partial charge in [-0.15, -0.1) is 0 Å². The lowest BCUT2D eigenvalue weighted by Crippen LogP contribution is -2.10. The summed E-state index contributed by atoms with van der Waals surface area (Å²) in [5, 5.41) is 1.25. The molecule has 2 N–H and O–H groups in total. The van der Waals surface area contributed by atoms with E-state index in [4.69, 9.17) is 5.73 Å². The van der Waals surface area contributed by atoms with Gasteiger partial charge >= 0.3 is 0 Å². The van der Waals surface area contributed by atoms with Crippen LogP contribution in [0, 0.1) is 13.8 Å². The molecule has 16 heavy (non-hydrogen) atoms. The van der Waals surface area contributed by atoms with Crippen molar-refractivity contribution in [1.29, 1.82) is 0 Å². The average Bonchev–Trinajstić information content (AvgIpc) is 2.45. The zero-order chi connectivity index (χ0) is 12.0. The fraction of sp³-hybridized carbons (Fsp3) is 0.385. The van der Waals surface area contributed by atoms with E-state index in [1.165, 1.54) is 22.0 Å². The van der Waals surface area contributed by atoms with E-state index in [1.54, 1.807) is 0 Å². The fourth-order valence-electron chi connectivity index (χ4n) is 2.32. The third-order valence-electron chi connectivity index (χ3n) is 3.29. The monoisotopic (exact) mass is 280 g/mol. The van der Waals surface area contributed by atoms with Gasteiger partial charge in [0.05, 0.1) is 5.52 Å². The highest BCUT2D eigenvalue weighted by Crippen LogP contribution is 2.35. The normalized spacial score (nSPS) is 13.4. The van der Waals surface area contributed by atoms with Gasteiger partial charge in [-0.05, 0) is 47.8 Å². The topological polar surface area (TPSA) is 30.9 Å². The molecule has 0 aliphatic rings. The molecular formula is C13H17BrN2. The molecule has 0 amide bonds. The molecule has 0 spiro atoms. The van der Waals surface area contributed by atoms with E-state index in [2.05, 4.69) is 53.5 Å². The average molecular weight is 281 g/mol. The molecule has 1 aromatic heterocycles. The molecule has 2 aromatic rings. The van der Waals surface area contributed by atoms with Crippen LogP contribution < -0.4 is 5.73 Å². The van der Waals surface area contributed by atoms with Crippen LogP contribution in [-0.2, 0) is 7.05 Å². The molecule has 1 heterocycles. The minimum absolute atomic E-state index is 0.0338. The number of aryl methyl sites for hydroxylation is 3. The van der Waals surface area contributed by atoms with Crippen LogP contribution in [0.25, 0.3) is 10.9 Å². The Hall–Kier alpha value is -0.800. The summed E-state index contributed by atoms with van der Waals surface area (Å²) in [6.07, 6.45) is 0. The molecule has 1 aromatic carbocycles. The first kappa shape index (κ1) is 11.7. The molecular weight excluding hydrogens is 264 g/mol. The molecule has 1 unspecified atom stereocenters. The van der Waals surface area contributed by atoms with Gasteiger partial charge in [0.25, 0.3) is 0 Å². The van der Waals surface area contributed by atoms with Crippen LogP contribution in [0.3, 0.4) is 0 Å². The number of rotatable bonds is 1. The second-order valence-electron chi connectivity index (χ2n) is 4.45. The van der Waals surface area contributed by atoms with Crippen molar-refractivity contribution in [1.82, 2.24) is 4.57 Å². The number of hydrogen-bond donors (Lipinski definition) is 1. The Bertz CT molecular complexity index is 553. The number of nitrogens with zero attached hydrogens (tertiary/aromatic N) is 1. The highest BCUT2D eigenvalue weighted by Gasteiger charge is 2.17. The van der Waals surface area contributed by atoms with Crippen LogP contribution in [0.4, 0.5) is 0 Å². The summed E-state index contributed by atoms with van der Waals surface area (Å²) in [6.45, 7) is 6.32. The Kier molecular flexibility index (Phi) is 2.84. The third-order valence-corrected chi connectivity index (χ3v) is 4.12. The van der Waals surface area contributed by atoms with Gasteiger partial charge in [0.1, 0.15) is 0 Å². The van der Waals surface area contributed by atoms with Gasteiger partial charge in [0.2, 0.25) is 0 Å². The number of fused-ring (bicyclic) bond motifs is 1. The SMILES string of the molecule is Cc1ccc2c(Br)c(C(C)N)n(C)c2c1C. The maximum atomic E-state index is 6.02. The molecule has 0 radical (unpaired) electrons. The van der Waals surface area contributed by atoms with Crippen LogP contribution >= 0.6 is 15.9 Å². The highest BCUT2D eigenvalue weighted by atomic mass is 79.9. The molecule has 86 valence electrons. The van der Waals surface area contributed by atoms with Gasteiger partial charge in [0, 0.05) is 28.6 Å². The van der Waals surface area contributed by atoms with Crippen molar-refractivity contribution >= 4 is 26.8 Å². The molecule has 0 saturated heterocycles. The largest absolute Gasteiger partial charge is 0.345 e. The molecule has 3 heteroatoms. The quantitative estimate of drug-likeness (QED) is 0.851. The van der Waals surface area contributed by atoms with Gasteiger partial charge in [-0.3, -0.25) is 0 Å². The van der Waals surface area contributed by atoms with E-state index < -0.39 is 0 Å². The van der Waals surface area contributed by atoms with Crippen molar-refractivity contribution in [3.63, 3.8) is 0 Å².